The van der Waals surface area contributed by atoms with Gasteiger partial charge in [0.15, 0.2) is 0 Å². The van der Waals surface area contributed by atoms with Gasteiger partial charge in [-0.1, -0.05) is 81.4 Å². The summed E-state index contributed by atoms with van der Waals surface area (Å²) in [4.78, 5) is 5.05. The van der Waals surface area contributed by atoms with Crippen molar-refractivity contribution in [1.82, 2.24) is 9.55 Å². The van der Waals surface area contributed by atoms with E-state index in [1.54, 1.807) is 0 Å². The van der Waals surface area contributed by atoms with Crippen LogP contribution in [0.4, 0.5) is 13.2 Å². The Kier molecular flexibility index (Phi) is 5.96. The number of imidazole rings is 1. The van der Waals surface area contributed by atoms with E-state index in [4.69, 9.17) is 4.98 Å². The first-order chi connectivity index (χ1) is 15.1. The van der Waals surface area contributed by atoms with Gasteiger partial charge >= 0.3 is 6.18 Å². The molecule has 2 nitrogen and oxygen atoms in total. The monoisotopic (exact) mass is 452 g/mol. The summed E-state index contributed by atoms with van der Waals surface area (Å²) in [6.45, 7) is 6.26. The average molecular weight is 452 g/mol. The Balaban J connectivity index is 1.93. The van der Waals surface area contributed by atoms with Crippen LogP contribution in [0.15, 0.2) is 91.1 Å². The van der Waals surface area contributed by atoms with E-state index in [0.29, 0.717) is 5.69 Å². The van der Waals surface area contributed by atoms with Gasteiger partial charge in [-0.2, -0.15) is 13.2 Å². The topological polar surface area (TPSA) is 17.8 Å². The third kappa shape index (κ3) is 4.63. The van der Waals surface area contributed by atoms with Gasteiger partial charge in [0.2, 0.25) is 0 Å². The highest BCUT2D eigenvalue weighted by molar-refractivity contribution is 7.79. The minimum Gasteiger partial charge on any atom is -0.299 e. The molecular formula is C26H24F3N2P. The van der Waals surface area contributed by atoms with Gasteiger partial charge in [0.25, 0.3) is 0 Å². The number of benzene rings is 3. The number of halogens is 3. The fourth-order valence-corrected chi connectivity index (χ4v) is 5.72. The van der Waals surface area contributed by atoms with Crippen LogP contribution in [-0.4, -0.2) is 9.55 Å². The molecule has 3 aromatic carbocycles. The second-order valence-electron chi connectivity index (χ2n) is 8.60. The van der Waals surface area contributed by atoms with Gasteiger partial charge in [0.1, 0.15) is 5.57 Å². The summed E-state index contributed by atoms with van der Waals surface area (Å²) in [6, 6.07) is 25.6. The molecule has 0 amide bonds. The zero-order chi connectivity index (χ0) is 22.9. The molecule has 0 aliphatic rings. The van der Waals surface area contributed by atoms with Crippen LogP contribution in [0, 0.1) is 0 Å². The largest absolute Gasteiger partial charge is 0.416 e. The smallest absolute Gasteiger partial charge is 0.299 e. The van der Waals surface area contributed by atoms with Gasteiger partial charge in [-0.15, -0.1) is 0 Å². The highest BCUT2D eigenvalue weighted by Crippen LogP contribution is 2.35. The number of nitrogens with zero attached hydrogens (tertiary/aromatic N) is 2. The quantitative estimate of drug-likeness (QED) is 0.350. The molecule has 0 unspecified atom stereocenters. The third-order valence-corrected chi connectivity index (χ3v) is 7.50. The molecule has 0 aliphatic carbocycles. The van der Waals surface area contributed by atoms with E-state index in [0.717, 1.165) is 34.0 Å². The van der Waals surface area contributed by atoms with Crippen molar-refractivity contribution in [1.29, 1.82) is 0 Å². The standard InChI is InChI=1S/C26H24F3N2P/c1-25(2,3)23-18-31(20-16-14-19(15-17-20)26(27,28)29)24(30-23)32(21-10-6-4-7-11-21)22-12-8-5-9-13-22/h4-18H,1-3H3. The summed E-state index contributed by atoms with van der Waals surface area (Å²) >= 11 is 0. The van der Waals surface area contributed by atoms with Crippen LogP contribution in [0.5, 0.6) is 0 Å². The zero-order valence-electron chi connectivity index (χ0n) is 18.1. The van der Waals surface area contributed by atoms with Crippen molar-refractivity contribution >= 4 is 24.1 Å². The predicted octanol–water partition coefficient (Wildman–Crippen LogP) is 5.95. The van der Waals surface area contributed by atoms with Crippen LogP contribution in [0.25, 0.3) is 5.69 Å². The first-order valence-corrected chi connectivity index (χ1v) is 11.7. The molecule has 0 saturated heterocycles. The fraction of sp³-hybridized carbons (Fsp3) is 0.192. The summed E-state index contributed by atoms with van der Waals surface area (Å²) < 4.78 is 41.3. The summed E-state index contributed by atoms with van der Waals surface area (Å²) in [5, 5.41) is 2.26. The van der Waals surface area contributed by atoms with E-state index < -0.39 is 19.7 Å². The highest BCUT2D eigenvalue weighted by Gasteiger charge is 2.31. The maximum atomic E-state index is 13.1. The SMILES string of the molecule is CC(C)(C)c1cn(-c2ccc(C(F)(F)F)cc2)c(P(c2ccccc2)c2ccccc2)n1. The second kappa shape index (κ2) is 8.55. The van der Waals surface area contributed by atoms with Crippen molar-refractivity contribution in [2.75, 3.05) is 0 Å². The lowest BCUT2D eigenvalue weighted by Gasteiger charge is -2.20. The van der Waals surface area contributed by atoms with Gasteiger partial charge in [0.05, 0.1) is 11.3 Å². The Labute approximate surface area is 187 Å². The Morgan fingerprint density at radius 3 is 1.66 bits per heavy atom. The Morgan fingerprint density at radius 2 is 1.22 bits per heavy atom. The molecular weight excluding hydrogens is 428 g/mol. The molecule has 1 aromatic heterocycles. The van der Waals surface area contributed by atoms with Gasteiger partial charge in [-0.25, -0.2) is 4.98 Å². The molecule has 0 saturated carbocycles. The number of rotatable bonds is 4. The van der Waals surface area contributed by atoms with Crippen LogP contribution in [0.3, 0.4) is 0 Å². The van der Waals surface area contributed by atoms with Crippen molar-refractivity contribution < 1.29 is 13.2 Å². The van der Waals surface area contributed by atoms with Crippen LogP contribution in [-0.2, 0) is 11.6 Å². The van der Waals surface area contributed by atoms with E-state index in [1.165, 1.54) is 12.1 Å². The molecule has 0 bridgehead atoms. The molecule has 0 radical (unpaired) electrons. The van der Waals surface area contributed by atoms with E-state index in [-0.39, 0.29) is 5.41 Å². The van der Waals surface area contributed by atoms with E-state index in [2.05, 4.69) is 45.0 Å². The molecule has 4 aromatic rings. The van der Waals surface area contributed by atoms with Gasteiger partial charge in [-0.05, 0) is 34.9 Å². The maximum Gasteiger partial charge on any atom is 0.416 e. The van der Waals surface area contributed by atoms with Crippen molar-refractivity contribution in [3.63, 3.8) is 0 Å². The van der Waals surface area contributed by atoms with E-state index in [1.807, 2.05) is 47.2 Å². The predicted molar refractivity (Wildman–Crippen MR) is 126 cm³/mol. The average Bonchev–Trinajstić information content (AvgIpc) is 3.20. The molecule has 6 heteroatoms. The Morgan fingerprint density at radius 1 is 0.719 bits per heavy atom. The van der Waals surface area contributed by atoms with E-state index in [9.17, 15) is 13.2 Å². The van der Waals surface area contributed by atoms with Crippen molar-refractivity contribution in [2.45, 2.75) is 32.4 Å². The number of alkyl halides is 3. The fourth-order valence-electron chi connectivity index (χ4n) is 3.42. The van der Waals surface area contributed by atoms with Crippen molar-refractivity contribution in [3.05, 3.63) is 102 Å². The second-order valence-corrected chi connectivity index (χ2v) is 10.7. The molecule has 0 atom stereocenters. The molecule has 1 heterocycles. The third-order valence-electron chi connectivity index (χ3n) is 5.16. The number of aromatic nitrogens is 2. The van der Waals surface area contributed by atoms with Crippen LogP contribution >= 0.6 is 7.92 Å². The minimum absolute atomic E-state index is 0.208. The number of hydrogen-bond acceptors (Lipinski definition) is 1. The van der Waals surface area contributed by atoms with Gasteiger partial charge in [0, 0.05) is 25.2 Å². The normalized spacial score (nSPS) is 12.3. The Hall–Kier alpha value is -2.91. The Bertz CT molecular complexity index is 1140. The molecule has 4 rings (SSSR count). The van der Waals surface area contributed by atoms with Crippen LogP contribution < -0.4 is 16.2 Å². The van der Waals surface area contributed by atoms with Gasteiger partial charge in [-0.3, -0.25) is 4.57 Å². The molecule has 32 heavy (non-hydrogen) atoms. The molecule has 0 fully saturated rings. The molecule has 0 aliphatic heterocycles. The lowest BCUT2D eigenvalue weighted by molar-refractivity contribution is -0.137. The van der Waals surface area contributed by atoms with Crippen molar-refractivity contribution in [2.24, 2.45) is 0 Å². The first-order valence-electron chi connectivity index (χ1n) is 10.3. The van der Waals surface area contributed by atoms with Crippen LogP contribution in [0.1, 0.15) is 32.0 Å². The molecule has 164 valence electrons. The maximum absolute atomic E-state index is 13.1. The molecule has 0 spiro atoms. The van der Waals surface area contributed by atoms with E-state index >= 15 is 0 Å². The highest BCUT2D eigenvalue weighted by atomic mass is 31.1. The summed E-state index contributed by atoms with van der Waals surface area (Å²) in [5.74, 6) is 0. The lowest BCUT2D eigenvalue weighted by atomic mass is 9.93. The van der Waals surface area contributed by atoms with Crippen LogP contribution in [0.2, 0.25) is 0 Å². The summed E-state index contributed by atoms with van der Waals surface area (Å²) in [6.07, 6.45) is -2.41. The first kappa shape index (κ1) is 22.3. The minimum atomic E-state index is -4.37. The zero-order valence-corrected chi connectivity index (χ0v) is 19.0. The summed E-state index contributed by atoms with van der Waals surface area (Å²) in [7, 11) is -1.02. The number of hydrogen-bond donors (Lipinski definition) is 0. The van der Waals surface area contributed by atoms with Crippen molar-refractivity contribution in [3.8, 4) is 5.69 Å². The molecule has 0 N–H and O–H groups in total. The summed E-state index contributed by atoms with van der Waals surface area (Å²) in [5.41, 5.74) is 1.52. The lowest BCUT2D eigenvalue weighted by Crippen LogP contribution is -2.27. The van der Waals surface area contributed by atoms with Gasteiger partial charge < -0.3 is 0 Å².